The number of oxazole rings is 1. The van der Waals surface area contributed by atoms with Crippen LogP contribution < -0.4 is 0 Å². The van der Waals surface area contributed by atoms with E-state index in [9.17, 15) is 15.3 Å². The topological polar surface area (TPSA) is 86.7 Å². The average molecular weight is 494 g/mol. The molecule has 196 valence electrons. The predicted octanol–water partition coefficient (Wildman–Crippen LogP) is 5.71. The van der Waals surface area contributed by atoms with Crippen LogP contribution in [-0.4, -0.2) is 38.6 Å². The third kappa shape index (κ3) is 4.59. The SMILES string of the molecule is C=C1C(=CC=C2CCC[C@]3(C)[C@@H]([C@@H](C)C=C[C@H](O)C4(c5ncc(C)o5)CC4)CC[C@@H]23)C[C@@H](O)C[C@@H]1O. The summed E-state index contributed by atoms with van der Waals surface area (Å²) < 4.78 is 5.77. The summed E-state index contributed by atoms with van der Waals surface area (Å²) in [5.41, 5.74) is 3.15. The molecule has 4 aliphatic rings. The molecule has 0 radical (unpaired) electrons. The fourth-order valence-electron chi connectivity index (χ4n) is 7.56. The monoisotopic (exact) mass is 493 g/mol. The standard InChI is InChI=1S/C31H43NO4/c1-19(7-12-28(35)31(14-15-31)29-32-18-20(2)36-29)25-10-11-26-22(6-5-13-30(25,26)4)8-9-23-16-24(33)17-27(34)21(23)3/h7-9,12,18-19,24-28,33-35H,3,5-6,10-11,13-17H2,1-2,4H3/t19-,24+,25+,26-,27-,28-,30+/m0/s1. The minimum atomic E-state index is -0.642. The summed E-state index contributed by atoms with van der Waals surface area (Å²) in [6.45, 7) is 10.8. The number of aryl methyl sites for hydroxylation is 1. The van der Waals surface area contributed by atoms with Gasteiger partial charge in [-0.25, -0.2) is 4.98 Å². The van der Waals surface area contributed by atoms with E-state index in [1.165, 1.54) is 31.3 Å². The minimum Gasteiger partial charge on any atom is -0.445 e. The molecular weight excluding hydrogens is 450 g/mol. The molecule has 3 N–H and O–H groups in total. The Balaban J connectivity index is 1.29. The molecule has 1 aromatic heterocycles. The molecule has 4 fully saturated rings. The van der Waals surface area contributed by atoms with Crippen molar-refractivity contribution in [3.8, 4) is 0 Å². The molecule has 0 unspecified atom stereocenters. The predicted molar refractivity (Wildman–Crippen MR) is 141 cm³/mol. The zero-order chi connectivity index (χ0) is 25.7. The van der Waals surface area contributed by atoms with Gasteiger partial charge >= 0.3 is 0 Å². The zero-order valence-electron chi connectivity index (χ0n) is 22.1. The number of aromatic nitrogens is 1. The van der Waals surface area contributed by atoms with Gasteiger partial charge in [0.1, 0.15) is 5.76 Å². The Morgan fingerprint density at radius 1 is 1.17 bits per heavy atom. The van der Waals surface area contributed by atoms with Crippen LogP contribution in [0.1, 0.15) is 83.3 Å². The lowest BCUT2D eigenvalue weighted by Gasteiger charge is -2.44. The number of aliphatic hydroxyl groups excluding tert-OH is 3. The maximum absolute atomic E-state index is 11.0. The van der Waals surface area contributed by atoms with Crippen LogP contribution in [0, 0.1) is 30.1 Å². The summed E-state index contributed by atoms with van der Waals surface area (Å²) in [4.78, 5) is 4.41. The zero-order valence-corrected chi connectivity index (χ0v) is 22.1. The summed E-state index contributed by atoms with van der Waals surface area (Å²) in [6.07, 6.45) is 17.4. The minimum absolute atomic E-state index is 0.247. The maximum Gasteiger partial charge on any atom is 0.203 e. The summed E-state index contributed by atoms with van der Waals surface area (Å²) in [5.74, 6) is 3.00. The molecule has 0 aliphatic heterocycles. The Morgan fingerprint density at radius 2 is 1.94 bits per heavy atom. The van der Waals surface area contributed by atoms with Gasteiger partial charge in [-0.2, -0.15) is 0 Å². The van der Waals surface area contributed by atoms with Crippen molar-refractivity contribution < 1.29 is 19.7 Å². The van der Waals surface area contributed by atoms with Crippen LogP contribution in [0.15, 0.2) is 58.2 Å². The summed E-state index contributed by atoms with van der Waals surface area (Å²) in [5, 5.41) is 31.3. The Kier molecular flexibility index (Phi) is 6.95. The molecule has 1 aromatic rings. The maximum atomic E-state index is 11.0. The smallest absolute Gasteiger partial charge is 0.203 e. The summed E-state index contributed by atoms with van der Waals surface area (Å²) in [6, 6.07) is 0. The lowest BCUT2D eigenvalue weighted by atomic mass is 9.61. The highest BCUT2D eigenvalue weighted by Gasteiger charge is 2.54. The molecule has 4 saturated carbocycles. The average Bonchev–Trinajstić information content (AvgIpc) is 3.41. The van der Waals surface area contributed by atoms with Crippen LogP contribution in [-0.2, 0) is 5.41 Å². The number of rotatable bonds is 6. The lowest BCUT2D eigenvalue weighted by molar-refractivity contribution is 0.0862. The normalized spacial score (nSPS) is 38.0. The molecule has 5 heteroatoms. The third-order valence-corrected chi connectivity index (χ3v) is 9.94. The number of allylic oxidation sites excluding steroid dienone is 4. The van der Waals surface area contributed by atoms with Crippen molar-refractivity contribution in [2.75, 3.05) is 0 Å². The number of hydrogen-bond donors (Lipinski definition) is 3. The second-order valence-corrected chi connectivity index (χ2v) is 12.3. The molecule has 0 aromatic carbocycles. The lowest BCUT2D eigenvalue weighted by Crippen LogP contribution is -2.35. The largest absolute Gasteiger partial charge is 0.445 e. The number of fused-ring (bicyclic) bond motifs is 1. The number of aliphatic hydroxyl groups is 3. The van der Waals surface area contributed by atoms with Gasteiger partial charge in [0.2, 0.25) is 5.89 Å². The van der Waals surface area contributed by atoms with Gasteiger partial charge in [0.05, 0.1) is 29.9 Å². The van der Waals surface area contributed by atoms with Gasteiger partial charge in [-0.05, 0) is 92.6 Å². The van der Waals surface area contributed by atoms with E-state index in [0.717, 1.165) is 36.2 Å². The highest BCUT2D eigenvalue weighted by molar-refractivity contribution is 5.38. The van der Waals surface area contributed by atoms with E-state index < -0.39 is 18.3 Å². The number of nitrogens with zero attached hydrogens (tertiary/aromatic N) is 1. The van der Waals surface area contributed by atoms with E-state index in [4.69, 9.17) is 4.42 Å². The Hall–Kier alpha value is -1.95. The van der Waals surface area contributed by atoms with Crippen LogP contribution in [0.25, 0.3) is 0 Å². The second-order valence-electron chi connectivity index (χ2n) is 12.3. The van der Waals surface area contributed by atoms with Crippen molar-refractivity contribution in [1.82, 2.24) is 4.98 Å². The quantitative estimate of drug-likeness (QED) is 0.442. The molecular formula is C31H43NO4. The van der Waals surface area contributed by atoms with Crippen molar-refractivity contribution in [2.24, 2.45) is 23.2 Å². The Morgan fingerprint density at radius 3 is 2.64 bits per heavy atom. The molecule has 36 heavy (non-hydrogen) atoms. The van der Waals surface area contributed by atoms with E-state index >= 15 is 0 Å². The highest BCUT2D eigenvalue weighted by Crippen LogP contribution is 2.59. The van der Waals surface area contributed by atoms with E-state index in [2.05, 4.69) is 43.6 Å². The first-order valence-electron chi connectivity index (χ1n) is 13.9. The van der Waals surface area contributed by atoms with E-state index in [1.807, 2.05) is 13.0 Å². The first-order valence-corrected chi connectivity index (χ1v) is 13.9. The van der Waals surface area contributed by atoms with Crippen molar-refractivity contribution in [2.45, 2.75) is 102 Å². The fourth-order valence-corrected chi connectivity index (χ4v) is 7.56. The molecule has 5 rings (SSSR count). The number of hydrogen-bond acceptors (Lipinski definition) is 5. The van der Waals surface area contributed by atoms with E-state index in [0.29, 0.717) is 36.5 Å². The summed E-state index contributed by atoms with van der Waals surface area (Å²) >= 11 is 0. The van der Waals surface area contributed by atoms with Gasteiger partial charge in [-0.15, -0.1) is 0 Å². The van der Waals surface area contributed by atoms with Gasteiger partial charge < -0.3 is 19.7 Å². The highest BCUT2D eigenvalue weighted by atomic mass is 16.4. The van der Waals surface area contributed by atoms with E-state index in [1.54, 1.807) is 6.20 Å². The van der Waals surface area contributed by atoms with Crippen molar-refractivity contribution in [1.29, 1.82) is 0 Å². The molecule has 0 amide bonds. The van der Waals surface area contributed by atoms with Crippen molar-refractivity contribution in [3.05, 3.63) is 65.5 Å². The third-order valence-electron chi connectivity index (χ3n) is 9.94. The molecule has 0 bridgehead atoms. The van der Waals surface area contributed by atoms with Crippen LogP contribution in [0.4, 0.5) is 0 Å². The molecule has 0 saturated heterocycles. The van der Waals surface area contributed by atoms with Gasteiger partial charge in [0.25, 0.3) is 0 Å². The Labute approximate surface area is 215 Å². The van der Waals surface area contributed by atoms with Crippen LogP contribution >= 0.6 is 0 Å². The molecule has 1 heterocycles. The molecule has 0 spiro atoms. The van der Waals surface area contributed by atoms with Crippen LogP contribution in [0.2, 0.25) is 0 Å². The van der Waals surface area contributed by atoms with Crippen LogP contribution in [0.3, 0.4) is 0 Å². The second kappa shape index (κ2) is 9.74. The van der Waals surface area contributed by atoms with Gasteiger partial charge in [0.15, 0.2) is 0 Å². The van der Waals surface area contributed by atoms with E-state index in [-0.39, 0.29) is 10.8 Å². The van der Waals surface area contributed by atoms with Crippen LogP contribution in [0.5, 0.6) is 0 Å². The van der Waals surface area contributed by atoms with Gasteiger partial charge in [-0.3, -0.25) is 0 Å². The summed E-state index contributed by atoms with van der Waals surface area (Å²) in [7, 11) is 0. The van der Waals surface area contributed by atoms with Gasteiger partial charge in [0, 0.05) is 6.42 Å². The Bertz CT molecular complexity index is 1080. The van der Waals surface area contributed by atoms with Crippen molar-refractivity contribution >= 4 is 0 Å². The molecule has 7 atom stereocenters. The molecule has 4 aliphatic carbocycles. The first-order chi connectivity index (χ1) is 17.1. The van der Waals surface area contributed by atoms with Crippen molar-refractivity contribution in [3.63, 3.8) is 0 Å². The molecule has 5 nitrogen and oxygen atoms in total. The first kappa shape index (κ1) is 25.7. The van der Waals surface area contributed by atoms with Gasteiger partial charge in [-0.1, -0.05) is 50.3 Å². The fraction of sp³-hybridized carbons (Fsp3) is 0.645.